The number of ether oxygens (including phenoxy) is 1. The molecule has 1 atom stereocenters. The van der Waals surface area contributed by atoms with Gasteiger partial charge in [-0.1, -0.05) is 13.8 Å². The lowest BCUT2D eigenvalue weighted by Crippen LogP contribution is -2.50. The number of morpholine rings is 1. The molecule has 0 aromatic rings. The van der Waals surface area contributed by atoms with E-state index in [4.69, 9.17) is 4.74 Å². The van der Waals surface area contributed by atoms with Crippen LogP contribution in [0.15, 0.2) is 4.99 Å². The van der Waals surface area contributed by atoms with Crippen LogP contribution in [0.1, 0.15) is 39.5 Å². The molecule has 0 radical (unpaired) electrons. The molecule has 1 unspecified atom stereocenters. The summed E-state index contributed by atoms with van der Waals surface area (Å²) in [6, 6.07) is 0.566. The van der Waals surface area contributed by atoms with Crippen molar-refractivity contribution in [2.24, 2.45) is 16.8 Å². The molecule has 2 fully saturated rings. The van der Waals surface area contributed by atoms with Crippen molar-refractivity contribution in [3.8, 4) is 0 Å². The quantitative estimate of drug-likeness (QED) is 0.402. The zero-order valence-electron chi connectivity index (χ0n) is 15.2. The lowest BCUT2D eigenvalue weighted by Gasteiger charge is -2.33. The highest BCUT2D eigenvalue weighted by Gasteiger charge is 2.24. The fraction of sp³-hybridized carbons (Fsp3) is 0.941. The van der Waals surface area contributed by atoms with Crippen LogP contribution in [0.25, 0.3) is 0 Å². The summed E-state index contributed by atoms with van der Waals surface area (Å²) in [5.74, 6) is 2.64. The molecule has 0 amide bonds. The van der Waals surface area contributed by atoms with Gasteiger partial charge >= 0.3 is 0 Å². The number of nitrogens with zero attached hydrogens (tertiary/aromatic N) is 2. The van der Waals surface area contributed by atoms with Crippen LogP contribution in [0.2, 0.25) is 0 Å². The topological polar surface area (TPSA) is 48.9 Å². The Balaban J connectivity index is 0.00000264. The monoisotopic (exact) mass is 438 g/mol. The molecule has 2 N–H and O–H groups in total. The summed E-state index contributed by atoms with van der Waals surface area (Å²) >= 11 is 0. The van der Waals surface area contributed by atoms with Crippen LogP contribution in [0, 0.1) is 11.8 Å². The summed E-state index contributed by atoms with van der Waals surface area (Å²) in [4.78, 5) is 6.68. The van der Waals surface area contributed by atoms with Gasteiger partial charge in [-0.05, 0) is 44.6 Å². The minimum atomic E-state index is 0. The Kier molecular flexibility index (Phi) is 9.77. The summed E-state index contributed by atoms with van der Waals surface area (Å²) in [6.07, 6.45) is 5.44. The normalized spacial score (nSPS) is 30.0. The van der Waals surface area contributed by atoms with E-state index in [2.05, 4.69) is 41.4 Å². The molecule has 5 nitrogen and oxygen atoms in total. The second kappa shape index (κ2) is 10.7. The highest BCUT2D eigenvalue weighted by Crippen LogP contribution is 2.29. The van der Waals surface area contributed by atoms with Gasteiger partial charge in [0.05, 0.1) is 12.7 Å². The Morgan fingerprint density at radius 1 is 1.26 bits per heavy atom. The molecule has 1 saturated carbocycles. The van der Waals surface area contributed by atoms with Gasteiger partial charge < -0.3 is 20.3 Å². The van der Waals surface area contributed by atoms with Gasteiger partial charge in [-0.25, -0.2) is 0 Å². The predicted molar refractivity (Wildman–Crippen MR) is 108 cm³/mol. The lowest BCUT2D eigenvalue weighted by atomic mass is 9.80. The molecule has 2 rings (SSSR count). The maximum Gasteiger partial charge on any atom is 0.191 e. The van der Waals surface area contributed by atoms with E-state index < -0.39 is 0 Å². The minimum Gasteiger partial charge on any atom is -0.374 e. The van der Waals surface area contributed by atoms with Crippen molar-refractivity contribution in [1.29, 1.82) is 0 Å². The van der Waals surface area contributed by atoms with Crippen LogP contribution in [0.3, 0.4) is 0 Å². The molecule has 23 heavy (non-hydrogen) atoms. The first-order chi connectivity index (χ1) is 10.6. The van der Waals surface area contributed by atoms with Crippen LogP contribution in [0.4, 0.5) is 0 Å². The number of hydrogen-bond donors (Lipinski definition) is 2. The third kappa shape index (κ3) is 7.13. The molecule has 1 aliphatic heterocycles. The van der Waals surface area contributed by atoms with Crippen LogP contribution in [-0.2, 0) is 4.74 Å². The Morgan fingerprint density at radius 2 is 1.96 bits per heavy atom. The van der Waals surface area contributed by atoms with E-state index in [-0.39, 0.29) is 30.1 Å². The number of halogens is 1. The number of rotatable bonds is 4. The van der Waals surface area contributed by atoms with E-state index in [1.165, 1.54) is 25.7 Å². The van der Waals surface area contributed by atoms with Crippen LogP contribution in [-0.4, -0.2) is 63.3 Å². The van der Waals surface area contributed by atoms with E-state index >= 15 is 0 Å². The molecule has 1 saturated heterocycles. The average molecular weight is 438 g/mol. The maximum atomic E-state index is 5.79. The van der Waals surface area contributed by atoms with E-state index in [0.717, 1.165) is 44.0 Å². The summed E-state index contributed by atoms with van der Waals surface area (Å²) in [5.41, 5.74) is 0. The third-order valence-electron chi connectivity index (χ3n) is 5.12. The highest BCUT2D eigenvalue weighted by atomic mass is 127. The molecule has 6 heteroatoms. The standard InChI is InChI=1S/C17H34N4O.HI/c1-13(2)14-5-7-15(8-6-14)20-17(18-3)19-11-16-12-21(4)9-10-22-16;/h13-16H,5-12H2,1-4H3,(H2,18,19,20);1H. The van der Waals surface area contributed by atoms with Crippen molar-refractivity contribution in [2.45, 2.75) is 51.7 Å². The van der Waals surface area contributed by atoms with E-state index in [9.17, 15) is 0 Å². The maximum absolute atomic E-state index is 5.79. The van der Waals surface area contributed by atoms with Gasteiger partial charge in [0.25, 0.3) is 0 Å². The number of hydrogen-bond acceptors (Lipinski definition) is 3. The number of aliphatic imine (C=N–C) groups is 1. The van der Waals surface area contributed by atoms with Crippen LogP contribution >= 0.6 is 24.0 Å². The second-order valence-corrected chi connectivity index (χ2v) is 7.21. The summed E-state index contributed by atoms with van der Waals surface area (Å²) < 4.78 is 5.79. The zero-order valence-corrected chi connectivity index (χ0v) is 17.5. The first-order valence-electron chi connectivity index (χ1n) is 8.85. The van der Waals surface area contributed by atoms with E-state index in [1.807, 2.05) is 7.05 Å². The summed E-state index contributed by atoms with van der Waals surface area (Å²) in [6.45, 7) is 8.37. The first-order valence-corrected chi connectivity index (χ1v) is 8.85. The van der Waals surface area contributed by atoms with Crippen molar-refractivity contribution in [1.82, 2.24) is 15.5 Å². The Bertz CT molecular complexity index is 357. The molecule has 0 bridgehead atoms. The van der Waals surface area contributed by atoms with Crippen molar-refractivity contribution >= 4 is 29.9 Å². The van der Waals surface area contributed by atoms with Crippen molar-refractivity contribution < 1.29 is 4.74 Å². The molecule has 1 aliphatic carbocycles. The molecule has 1 heterocycles. The Hall–Kier alpha value is -0.0800. The Morgan fingerprint density at radius 3 is 2.52 bits per heavy atom. The smallest absolute Gasteiger partial charge is 0.191 e. The van der Waals surface area contributed by atoms with Crippen LogP contribution < -0.4 is 10.6 Å². The van der Waals surface area contributed by atoms with Crippen molar-refractivity contribution in [2.75, 3.05) is 40.3 Å². The van der Waals surface area contributed by atoms with Gasteiger partial charge in [-0.3, -0.25) is 4.99 Å². The lowest BCUT2D eigenvalue weighted by molar-refractivity contribution is -0.0161. The number of guanidine groups is 1. The van der Waals surface area contributed by atoms with Crippen molar-refractivity contribution in [3.05, 3.63) is 0 Å². The molecular weight excluding hydrogens is 403 g/mol. The second-order valence-electron chi connectivity index (χ2n) is 7.21. The zero-order chi connectivity index (χ0) is 15.9. The summed E-state index contributed by atoms with van der Waals surface area (Å²) in [5, 5.41) is 7.01. The van der Waals surface area contributed by atoms with Gasteiger partial charge in [0, 0.05) is 32.7 Å². The molecular formula is C17H35IN4O. The van der Waals surface area contributed by atoms with Gasteiger partial charge in [0.2, 0.25) is 0 Å². The molecule has 2 aliphatic rings. The number of likely N-dealkylation sites (N-methyl/N-ethyl adjacent to an activating group) is 1. The first kappa shape index (κ1) is 21.0. The molecule has 0 spiro atoms. The average Bonchev–Trinajstić information content (AvgIpc) is 2.52. The molecule has 136 valence electrons. The highest BCUT2D eigenvalue weighted by molar-refractivity contribution is 14.0. The van der Waals surface area contributed by atoms with Gasteiger partial charge in [0.1, 0.15) is 0 Å². The van der Waals surface area contributed by atoms with Crippen molar-refractivity contribution in [3.63, 3.8) is 0 Å². The number of nitrogens with one attached hydrogen (secondary N) is 2. The van der Waals surface area contributed by atoms with Gasteiger partial charge in [-0.15, -0.1) is 24.0 Å². The SMILES string of the molecule is CN=C(NCC1CN(C)CCO1)NC1CCC(C(C)C)CC1.I. The minimum absolute atomic E-state index is 0. The van der Waals surface area contributed by atoms with E-state index in [0.29, 0.717) is 6.04 Å². The third-order valence-corrected chi connectivity index (χ3v) is 5.12. The Labute approximate surface area is 159 Å². The fourth-order valence-electron chi connectivity index (χ4n) is 3.52. The van der Waals surface area contributed by atoms with E-state index in [1.54, 1.807) is 0 Å². The predicted octanol–water partition coefficient (Wildman–Crippen LogP) is 2.31. The fourth-order valence-corrected chi connectivity index (χ4v) is 3.52. The molecule has 0 aromatic carbocycles. The molecule has 0 aromatic heterocycles. The van der Waals surface area contributed by atoms with Gasteiger partial charge in [0.15, 0.2) is 5.96 Å². The van der Waals surface area contributed by atoms with Gasteiger partial charge in [-0.2, -0.15) is 0 Å². The summed E-state index contributed by atoms with van der Waals surface area (Å²) in [7, 11) is 4.00. The largest absolute Gasteiger partial charge is 0.374 e. The van der Waals surface area contributed by atoms with Crippen LogP contribution in [0.5, 0.6) is 0 Å².